The van der Waals surface area contributed by atoms with Crippen molar-refractivity contribution >= 4 is 15.9 Å². The first-order chi connectivity index (χ1) is 13.8. The summed E-state index contributed by atoms with van der Waals surface area (Å²) >= 11 is 0. The third-order valence-corrected chi connectivity index (χ3v) is 6.14. The Hall–Kier alpha value is -2.19. The number of aryl methyl sites for hydroxylation is 1. The second-order valence-corrected chi connectivity index (χ2v) is 9.56. The molecule has 8 heteroatoms. The molecule has 1 aromatic carbocycles. The molecule has 0 spiro atoms. The highest BCUT2D eigenvalue weighted by molar-refractivity contribution is 7.88. The maximum atomic E-state index is 12.6. The average molecular weight is 419 g/mol. The summed E-state index contributed by atoms with van der Waals surface area (Å²) in [7, 11) is -3.13. The molecule has 1 saturated heterocycles. The van der Waals surface area contributed by atoms with Gasteiger partial charge in [0.15, 0.2) is 0 Å². The fraction of sp³-hybridized carbons (Fsp3) is 0.524. The minimum absolute atomic E-state index is 0.0303. The standard InChI is InChI=1S/C21H30N4O3S/c1-3-25-15-11-20(23-25)21(26)24-13-9-19(10-14-24)16-18-6-4-17(5-7-18)8-12-22-29(2,27)28/h4-7,11,15,19,22H,3,8-10,12-14,16H2,1-2H3. The van der Waals surface area contributed by atoms with Crippen LogP contribution < -0.4 is 4.72 Å². The summed E-state index contributed by atoms with van der Waals surface area (Å²) in [6.45, 7) is 4.74. The van der Waals surface area contributed by atoms with Crippen molar-refractivity contribution in [2.75, 3.05) is 25.9 Å². The highest BCUT2D eigenvalue weighted by Gasteiger charge is 2.25. The predicted octanol–water partition coefficient (Wildman–Crippen LogP) is 2.09. The number of aromatic nitrogens is 2. The van der Waals surface area contributed by atoms with Crippen LogP contribution in [0.5, 0.6) is 0 Å². The third kappa shape index (κ3) is 6.40. The van der Waals surface area contributed by atoms with Crippen molar-refractivity contribution < 1.29 is 13.2 Å². The van der Waals surface area contributed by atoms with Gasteiger partial charge in [-0.1, -0.05) is 24.3 Å². The van der Waals surface area contributed by atoms with Crippen molar-refractivity contribution in [1.82, 2.24) is 19.4 Å². The number of benzene rings is 1. The number of carbonyl (C=O) groups excluding carboxylic acids is 1. The fourth-order valence-electron chi connectivity index (χ4n) is 3.71. The molecule has 2 heterocycles. The number of piperidine rings is 1. The summed E-state index contributed by atoms with van der Waals surface area (Å²) < 4.78 is 26.5. The molecule has 1 aliphatic heterocycles. The number of hydrogen-bond donors (Lipinski definition) is 1. The van der Waals surface area contributed by atoms with Gasteiger partial charge in [-0.25, -0.2) is 13.1 Å². The van der Waals surface area contributed by atoms with Crippen molar-refractivity contribution in [3.63, 3.8) is 0 Å². The topological polar surface area (TPSA) is 84.3 Å². The van der Waals surface area contributed by atoms with Crippen molar-refractivity contribution in [1.29, 1.82) is 0 Å². The van der Waals surface area contributed by atoms with Gasteiger partial charge in [0.1, 0.15) is 5.69 Å². The number of nitrogens with zero attached hydrogens (tertiary/aromatic N) is 3. The highest BCUT2D eigenvalue weighted by Crippen LogP contribution is 2.23. The van der Waals surface area contributed by atoms with Crippen molar-refractivity contribution in [3.8, 4) is 0 Å². The summed E-state index contributed by atoms with van der Waals surface area (Å²) in [6.07, 6.45) is 6.71. The van der Waals surface area contributed by atoms with Crippen molar-refractivity contribution in [2.45, 2.75) is 39.2 Å². The number of likely N-dealkylation sites (tertiary alicyclic amines) is 1. The number of carbonyl (C=O) groups is 1. The first kappa shape index (κ1) is 21.5. The van der Waals surface area contributed by atoms with E-state index >= 15 is 0 Å². The van der Waals surface area contributed by atoms with Crippen LogP contribution in [0, 0.1) is 5.92 Å². The number of amides is 1. The molecule has 1 fully saturated rings. The van der Waals surface area contributed by atoms with Crippen molar-refractivity contribution in [2.24, 2.45) is 5.92 Å². The summed E-state index contributed by atoms with van der Waals surface area (Å²) in [5.41, 5.74) is 2.94. The van der Waals surface area contributed by atoms with E-state index < -0.39 is 10.0 Å². The van der Waals surface area contributed by atoms with Gasteiger partial charge >= 0.3 is 0 Å². The zero-order valence-electron chi connectivity index (χ0n) is 17.2. The zero-order valence-corrected chi connectivity index (χ0v) is 18.0. The molecule has 0 aliphatic carbocycles. The van der Waals surface area contributed by atoms with Gasteiger partial charge in [0, 0.05) is 32.4 Å². The van der Waals surface area contributed by atoms with E-state index in [1.807, 2.05) is 18.0 Å². The SMILES string of the molecule is CCn1ccc(C(=O)N2CCC(Cc3ccc(CCNS(C)(=O)=O)cc3)CC2)n1. The van der Waals surface area contributed by atoms with E-state index in [-0.39, 0.29) is 5.91 Å². The molecule has 7 nitrogen and oxygen atoms in total. The minimum Gasteiger partial charge on any atom is -0.337 e. The Kier molecular flexibility index (Phi) is 7.08. The van der Waals surface area contributed by atoms with E-state index in [0.717, 1.165) is 44.5 Å². The van der Waals surface area contributed by atoms with Gasteiger partial charge < -0.3 is 4.90 Å². The van der Waals surface area contributed by atoms with Gasteiger partial charge in [-0.15, -0.1) is 0 Å². The average Bonchev–Trinajstić information content (AvgIpc) is 3.18. The smallest absolute Gasteiger partial charge is 0.274 e. The number of sulfonamides is 1. The van der Waals surface area contributed by atoms with Gasteiger partial charge in [-0.3, -0.25) is 9.48 Å². The number of rotatable bonds is 8. The van der Waals surface area contributed by atoms with Crippen LogP contribution in [-0.4, -0.2) is 54.9 Å². The van der Waals surface area contributed by atoms with Crippen LogP contribution in [0.2, 0.25) is 0 Å². The summed E-state index contributed by atoms with van der Waals surface area (Å²) in [6, 6.07) is 10.2. The van der Waals surface area contributed by atoms with E-state index in [4.69, 9.17) is 0 Å². The first-order valence-electron chi connectivity index (χ1n) is 10.2. The normalized spacial score (nSPS) is 15.6. The predicted molar refractivity (Wildman–Crippen MR) is 113 cm³/mol. The molecule has 1 aromatic heterocycles. The van der Waals surface area contributed by atoms with Crippen molar-refractivity contribution in [3.05, 3.63) is 53.3 Å². The first-order valence-corrected chi connectivity index (χ1v) is 12.1. The van der Waals surface area contributed by atoms with Crippen LogP contribution in [0.15, 0.2) is 36.5 Å². The summed E-state index contributed by atoms with van der Waals surface area (Å²) in [5.74, 6) is 0.604. The van der Waals surface area contributed by atoms with Gasteiger partial charge in [0.2, 0.25) is 10.0 Å². The lowest BCUT2D eigenvalue weighted by Gasteiger charge is -2.31. The third-order valence-electron chi connectivity index (χ3n) is 5.41. The molecular formula is C21H30N4O3S. The maximum absolute atomic E-state index is 12.6. The van der Waals surface area contributed by atoms with Gasteiger partial charge in [0.25, 0.3) is 5.91 Å². The highest BCUT2D eigenvalue weighted by atomic mass is 32.2. The second-order valence-electron chi connectivity index (χ2n) is 7.73. The Bertz CT molecular complexity index is 914. The molecule has 1 aliphatic rings. The molecule has 158 valence electrons. The van der Waals surface area contributed by atoms with Crippen LogP contribution in [0.1, 0.15) is 41.4 Å². The van der Waals surface area contributed by atoms with E-state index in [1.54, 1.807) is 10.7 Å². The van der Waals surface area contributed by atoms with Gasteiger partial charge in [0.05, 0.1) is 6.26 Å². The van der Waals surface area contributed by atoms with Crippen LogP contribution in [0.25, 0.3) is 0 Å². The van der Waals surface area contributed by atoms with Gasteiger partial charge in [-0.2, -0.15) is 5.10 Å². The summed E-state index contributed by atoms with van der Waals surface area (Å²) in [5, 5.41) is 4.32. The van der Waals surface area contributed by atoms with Gasteiger partial charge in [-0.05, 0) is 55.7 Å². The Balaban J connectivity index is 1.45. The number of hydrogen-bond acceptors (Lipinski definition) is 4. The van der Waals surface area contributed by atoms with Crippen LogP contribution >= 0.6 is 0 Å². The minimum atomic E-state index is -3.13. The molecule has 0 bridgehead atoms. The molecule has 29 heavy (non-hydrogen) atoms. The quantitative estimate of drug-likeness (QED) is 0.711. The Labute approximate surface area is 173 Å². The lowest BCUT2D eigenvalue weighted by atomic mass is 9.89. The monoisotopic (exact) mass is 418 g/mol. The molecule has 1 amide bonds. The molecule has 0 atom stereocenters. The van der Waals surface area contributed by atoms with Crippen LogP contribution in [0.4, 0.5) is 0 Å². The Morgan fingerprint density at radius 1 is 1.14 bits per heavy atom. The molecule has 0 unspecified atom stereocenters. The molecular weight excluding hydrogens is 388 g/mol. The van der Waals surface area contributed by atoms with E-state index in [1.165, 1.54) is 11.8 Å². The number of nitrogens with one attached hydrogen (secondary N) is 1. The summed E-state index contributed by atoms with van der Waals surface area (Å²) in [4.78, 5) is 14.5. The fourth-order valence-corrected chi connectivity index (χ4v) is 4.18. The molecule has 1 N–H and O–H groups in total. The second kappa shape index (κ2) is 9.54. The molecule has 3 rings (SSSR count). The largest absolute Gasteiger partial charge is 0.337 e. The lowest BCUT2D eigenvalue weighted by molar-refractivity contribution is 0.0683. The molecule has 0 saturated carbocycles. The lowest BCUT2D eigenvalue weighted by Crippen LogP contribution is -2.39. The molecule has 0 radical (unpaired) electrons. The zero-order chi connectivity index (χ0) is 20.9. The van der Waals surface area contributed by atoms with Crippen LogP contribution in [0.3, 0.4) is 0 Å². The maximum Gasteiger partial charge on any atom is 0.274 e. The Morgan fingerprint density at radius 3 is 2.38 bits per heavy atom. The van der Waals surface area contributed by atoms with E-state index in [0.29, 0.717) is 24.6 Å². The van der Waals surface area contributed by atoms with Crippen LogP contribution in [-0.2, 0) is 29.4 Å². The Morgan fingerprint density at radius 2 is 1.79 bits per heavy atom. The van der Waals surface area contributed by atoms with E-state index in [2.05, 4.69) is 34.1 Å². The van der Waals surface area contributed by atoms with E-state index in [9.17, 15) is 13.2 Å². The molecule has 2 aromatic rings.